The SMILES string of the molecule is COC(=O)C(CO)NC(=O)c1cc(SC)ccc1Cl. The Morgan fingerprint density at radius 1 is 1.53 bits per heavy atom. The Morgan fingerprint density at radius 2 is 2.21 bits per heavy atom. The van der Waals surface area contributed by atoms with E-state index in [1.807, 2.05) is 6.26 Å². The fourth-order valence-electron chi connectivity index (χ4n) is 1.36. The highest BCUT2D eigenvalue weighted by Crippen LogP contribution is 2.23. The summed E-state index contributed by atoms with van der Waals surface area (Å²) in [6.07, 6.45) is 1.87. The molecule has 0 spiro atoms. The molecule has 0 aliphatic carbocycles. The van der Waals surface area contributed by atoms with Gasteiger partial charge in [-0.25, -0.2) is 4.79 Å². The Labute approximate surface area is 120 Å². The van der Waals surface area contributed by atoms with Crippen LogP contribution in [0.25, 0.3) is 0 Å². The molecule has 1 atom stereocenters. The molecule has 1 unspecified atom stereocenters. The van der Waals surface area contributed by atoms with Gasteiger partial charge in [-0.2, -0.15) is 0 Å². The van der Waals surface area contributed by atoms with E-state index in [0.717, 1.165) is 4.90 Å². The van der Waals surface area contributed by atoms with Gasteiger partial charge in [-0.05, 0) is 24.5 Å². The summed E-state index contributed by atoms with van der Waals surface area (Å²) in [4.78, 5) is 24.2. The Hall–Kier alpha value is -1.24. The fraction of sp³-hybridized carbons (Fsp3) is 0.333. The second-order valence-electron chi connectivity index (χ2n) is 3.58. The van der Waals surface area contributed by atoms with Gasteiger partial charge in [-0.3, -0.25) is 4.79 Å². The average molecular weight is 304 g/mol. The van der Waals surface area contributed by atoms with Crippen molar-refractivity contribution in [1.29, 1.82) is 0 Å². The molecule has 0 heterocycles. The number of thioether (sulfide) groups is 1. The lowest BCUT2D eigenvalue weighted by Gasteiger charge is -2.14. The van der Waals surface area contributed by atoms with Crippen molar-refractivity contribution in [3.05, 3.63) is 28.8 Å². The number of hydrogen-bond donors (Lipinski definition) is 2. The number of esters is 1. The molecular weight excluding hydrogens is 290 g/mol. The van der Waals surface area contributed by atoms with E-state index in [9.17, 15) is 9.59 Å². The molecular formula is C12H14ClNO4S. The minimum absolute atomic E-state index is 0.246. The third-order valence-electron chi connectivity index (χ3n) is 2.39. The van der Waals surface area contributed by atoms with E-state index in [0.29, 0.717) is 0 Å². The highest BCUT2D eigenvalue weighted by atomic mass is 35.5. The molecule has 0 saturated carbocycles. The zero-order valence-corrected chi connectivity index (χ0v) is 12.0. The van der Waals surface area contributed by atoms with Gasteiger partial charge in [-0.15, -0.1) is 11.8 Å². The van der Waals surface area contributed by atoms with Crippen molar-refractivity contribution in [2.45, 2.75) is 10.9 Å². The van der Waals surface area contributed by atoms with Crippen LogP contribution in [0.3, 0.4) is 0 Å². The van der Waals surface area contributed by atoms with E-state index in [1.54, 1.807) is 18.2 Å². The van der Waals surface area contributed by atoms with Crippen LogP contribution in [-0.4, -0.2) is 43.0 Å². The van der Waals surface area contributed by atoms with Gasteiger partial charge in [0.1, 0.15) is 0 Å². The maximum absolute atomic E-state index is 12.0. The third-order valence-corrected chi connectivity index (χ3v) is 3.45. The van der Waals surface area contributed by atoms with Gasteiger partial charge in [-0.1, -0.05) is 11.6 Å². The zero-order chi connectivity index (χ0) is 14.4. The number of methoxy groups -OCH3 is 1. The van der Waals surface area contributed by atoms with Gasteiger partial charge in [0, 0.05) is 4.90 Å². The smallest absolute Gasteiger partial charge is 0.330 e. The van der Waals surface area contributed by atoms with Crippen molar-refractivity contribution in [2.75, 3.05) is 20.0 Å². The first kappa shape index (κ1) is 15.8. The number of rotatable bonds is 5. The molecule has 0 aromatic heterocycles. The van der Waals surface area contributed by atoms with E-state index in [4.69, 9.17) is 16.7 Å². The highest BCUT2D eigenvalue weighted by Gasteiger charge is 2.22. The van der Waals surface area contributed by atoms with Crippen molar-refractivity contribution in [3.63, 3.8) is 0 Å². The molecule has 0 aliphatic heterocycles. The maximum atomic E-state index is 12.0. The third kappa shape index (κ3) is 4.12. The summed E-state index contributed by atoms with van der Waals surface area (Å²) in [6, 6.07) is 3.90. The lowest BCUT2D eigenvalue weighted by molar-refractivity contribution is -0.143. The monoisotopic (exact) mass is 303 g/mol. The zero-order valence-electron chi connectivity index (χ0n) is 10.5. The average Bonchev–Trinajstić information content (AvgIpc) is 2.44. The van der Waals surface area contributed by atoms with Gasteiger partial charge < -0.3 is 15.2 Å². The molecule has 1 amide bonds. The van der Waals surface area contributed by atoms with Gasteiger partial charge in [0.05, 0.1) is 24.3 Å². The first-order chi connectivity index (χ1) is 9.03. The predicted octanol–water partition coefficient (Wildman–Crippen LogP) is 1.33. The molecule has 0 saturated heterocycles. The highest BCUT2D eigenvalue weighted by molar-refractivity contribution is 7.98. The van der Waals surface area contributed by atoms with E-state index < -0.39 is 24.5 Å². The molecule has 7 heteroatoms. The Morgan fingerprint density at radius 3 is 2.74 bits per heavy atom. The van der Waals surface area contributed by atoms with Crippen LogP contribution in [0, 0.1) is 0 Å². The number of carbonyl (C=O) groups excluding carboxylic acids is 2. The largest absolute Gasteiger partial charge is 0.467 e. The standard InChI is InChI=1S/C12H14ClNO4S/c1-18-12(17)10(6-15)14-11(16)8-5-7(19-2)3-4-9(8)13/h3-5,10,15H,6H2,1-2H3,(H,14,16). The number of halogens is 1. The van der Waals surface area contributed by atoms with Crippen LogP contribution >= 0.6 is 23.4 Å². The fourth-order valence-corrected chi connectivity index (χ4v) is 2.01. The molecule has 0 aliphatic rings. The van der Waals surface area contributed by atoms with Crippen molar-refractivity contribution < 1.29 is 19.4 Å². The first-order valence-corrected chi connectivity index (χ1v) is 6.96. The second kappa shape index (κ2) is 7.37. The van der Waals surface area contributed by atoms with Crippen LogP contribution in [0.5, 0.6) is 0 Å². The molecule has 5 nitrogen and oxygen atoms in total. The molecule has 0 radical (unpaired) electrons. The Bertz CT molecular complexity index is 481. The number of carbonyl (C=O) groups is 2. The topological polar surface area (TPSA) is 75.6 Å². The van der Waals surface area contributed by atoms with Crippen molar-refractivity contribution in [1.82, 2.24) is 5.32 Å². The molecule has 1 rings (SSSR count). The van der Waals surface area contributed by atoms with Crippen molar-refractivity contribution >= 4 is 35.2 Å². The molecule has 1 aromatic rings. The lowest BCUT2D eigenvalue weighted by atomic mass is 10.2. The van der Waals surface area contributed by atoms with Crippen molar-refractivity contribution in [2.24, 2.45) is 0 Å². The number of aliphatic hydroxyl groups excluding tert-OH is 1. The van der Waals surface area contributed by atoms with Crippen LogP contribution in [0.15, 0.2) is 23.1 Å². The lowest BCUT2D eigenvalue weighted by Crippen LogP contribution is -2.44. The molecule has 104 valence electrons. The van der Waals surface area contributed by atoms with E-state index >= 15 is 0 Å². The Balaban J connectivity index is 2.91. The van der Waals surface area contributed by atoms with Crippen molar-refractivity contribution in [3.8, 4) is 0 Å². The number of nitrogens with one attached hydrogen (secondary N) is 1. The first-order valence-electron chi connectivity index (χ1n) is 5.36. The summed E-state index contributed by atoms with van der Waals surface area (Å²) in [5.74, 6) is -1.25. The summed E-state index contributed by atoms with van der Waals surface area (Å²) < 4.78 is 4.46. The Kier molecular flexibility index (Phi) is 6.14. The molecule has 1 aromatic carbocycles. The minimum atomic E-state index is -1.11. The van der Waals surface area contributed by atoms with Gasteiger partial charge in [0.15, 0.2) is 6.04 Å². The van der Waals surface area contributed by atoms with Gasteiger partial charge >= 0.3 is 5.97 Å². The van der Waals surface area contributed by atoms with Crippen LogP contribution in [0.2, 0.25) is 5.02 Å². The van der Waals surface area contributed by atoms with Crippen LogP contribution in [0.4, 0.5) is 0 Å². The number of hydrogen-bond acceptors (Lipinski definition) is 5. The quantitative estimate of drug-likeness (QED) is 0.634. The number of aliphatic hydroxyl groups is 1. The number of ether oxygens (including phenoxy) is 1. The maximum Gasteiger partial charge on any atom is 0.330 e. The summed E-state index contributed by atoms with van der Waals surface area (Å²) in [5, 5.41) is 11.7. The van der Waals surface area contributed by atoms with Crippen LogP contribution in [-0.2, 0) is 9.53 Å². The van der Waals surface area contributed by atoms with E-state index in [-0.39, 0.29) is 10.6 Å². The molecule has 2 N–H and O–H groups in total. The summed E-state index contributed by atoms with van der Waals surface area (Å²) in [5.41, 5.74) is 0.246. The number of benzene rings is 1. The molecule has 0 bridgehead atoms. The van der Waals surface area contributed by atoms with Gasteiger partial charge in [0.2, 0.25) is 0 Å². The summed E-state index contributed by atoms with van der Waals surface area (Å²) in [6.45, 7) is -0.543. The van der Waals surface area contributed by atoms with Crippen LogP contribution in [0.1, 0.15) is 10.4 Å². The summed E-state index contributed by atoms with van der Waals surface area (Å²) >= 11 is 7.40. The van der Waals surface area contributed by atoms with E-state index in [1.165, 1.54) is 18.9 Å². The molecule has 0 fully saturated rings. The van der Waals surface area contributed by atoms with E-state index in [2.05, 4.69) is 10.1 Å². The van der Waals surface area contributed by atoms with Crippen LogP contribution < -0.4 is 5.32 Å². The predicted molar refractivity (Wildman–Crippen MR) is 73.6 cm³/mol. The summed E-state index contributed by atoms with van der Waals surface area (Å²) in [7, 11) is 1.18. The second-order valence-corrected chi connectivity index (χ2v) is 4.86. The molecule has 19 heavy (non-hydrogen) atoms. The number of amides is 1. The minimum Gasteiger partial charge on any atom is -0.467 e. The van der Waals surface area contributed by atoms with Gasteiger partial charge in [0.25, 0.3) is 5.91 Å². The normalized spacial score (nSPS) is 11.8.